The Morgan fingerprint density at radius 1 is 1.26 bits per heavy atom. The lowest BCUT2D eigenvalue weighted by atomic mass is 9.85. The molecule has 0 saturated carbocycles. The summed E-state index contributed by atoms with van der Waals surface area (Å²) in [5, 5.41) is 6.36. The van der Waals surface area contributed by atoms with E-state index in [1.165, 1.54) is 6.07 Å². The van der Waals surface area contributed by atoms with E-state index in [1.54, 1.807) is 6.07 Å². The topological polar surface area (TPSA) is 46.1 Å². The van der Waals surface area contributed by atoms with E-state index in [4.69, 9.17) is 0 Å². The highest BCUT2D eigenvalue weighted by atomic mass is 35.5. The zero-order valence-electron chi connectivity index (χ0n) is 15.8. The number of benzene rings is 1. The molecule has 1 saturated heterocycles. The van der Waals surface area contributed by atoms with Crippen LogP contribution in [-0.4, -0.2) is 29.6 Å². The van der Waals surface area contributed by atoms with Gasteiger partial charge in [-0.15, -0.1) is 12.4 Å². The van der Waals surface area contributed by atoms with Gasteiger partial charge in [-0.25, -0.2) is 8.78 Å². The molecule has 2 atom stereocenters. The molecule has 27 heavy (non-hydrogen) atoms. The van der Waals surface area contributed by atoms with E-state index in [0.29, 0.717) is 12.1 Å². The van der Waals surface area contributed by atoms with Gasteiger partial charge in [0, 0.05) is 36.4 Å². The van der Waals surface area contributed by atoms with Crippen LogP contribution in [0.5, 0.6) is 0 Å². The molecule has 0 radical (unpaired) electrons. The first-order chi connectivity index (χ1) is 12.4. The van der Waals surface area contributed by atoms with E-state index in [1.807, 2.05) is 26.8 Å². The van der Waals surface area contributed by atoms with E-state index < -0.39 is 11.6 Å². The number of hydrogen-bond donors (Lipinski definition) is 2. The fourth-order valence-electron chi connectivity index (χ4n) is 3.92. The van der Waals surface area contributed by atoms with Crippen molar-refractivity contribution in [1.82, 2.24) is 15.2 Å². The maximum Gasteiger partial charge on any atom is 0.253 e. The fraction of sp³-hybridized carbons (Fsp3) is 0.450. The van der Waals surface area contributed by atoms with Gasteiger partial charge in [-0.2, -0.15) is 0 Å². The summed E-state index contributed by atoms with van der Waals surface area (Å²) in [6, 6.07) is 5.73. The van der Waals surface area contributed by atoms with Crippen LogP contribution in [0.4, 0.5) is 8.78 Å². The first kappa shape index (κ1) is 21.4. The van der Waals surface area contributed by atoms with Crippen molar-refractivity contribution in [2.24, 2.45) is 0 Å². The zero-order chi connectivity index (χ0) is 18.8. The molecule has 2 unspecified atom stereocenters. The molecule has 0 spiro atoms. The second kappa shape index (κ2) is 8.85. The molecule has 2 aromatic rings. The summed E-state index contributed by atoms with van der Waals surface area (Å²) in [5.74, 6) is -1.88. The Labute approximate surface area is 164 Å². The van der Waals surface area contributed by atoms with Crippen LogP contribution in [0, 0.1) is 25.5 Å². The predicted molar refractivity (Wildman–Crippen MR) is 105 cm³/mol. The van der Waals surface area contributed by atoms with Crippen molar-refractivity contribution in [3.8, 4) is 0 Å². The summed E-state index contributed by atoms with van der Waals surface area (Å²) < 4.78 is 29.0. The molecule has 1 aromatic heterocycles. The van der Waals surface area contributed by atoms with Gasteiger partial charge in [-0.05, 0) is 57.5 Å². The molecule has 2 N–H and O–H groups in total. The van der Waals surface area contributed by atoms with Crippen LogP contribution in [0.25, 0.3) is 0 Å². The average Bonchev–Trinajstić information content (AvgIpc) is 2.91. The van der Waals surface area contributed by atoms with E-state index in [2.05, 4.69) is 15.2 Å². The molecule has 3 rings (SSSR count). The first-order valence-corrected chi connectivity index (χ1v) is 9.05. The Morgan fingerprint density at radius 2 is 2.00 bits per heavy atom. The zero-order valence-corrected chi connectivity index (χ0v) is 16.6. The summed E-state index contributed by atoms with van der Waals surface area (Å²) in [5.41, 5.74) is 3.37. The standard InChI is InChI=1S/C20H25F2N3O.ClH/c1-4-25-12(2)9-16(13(25)3)20(26)24-19-11-23-8-7-15(19)14-5-6-17(21)18(22)10-14;/h5-6,9-10,15,19,23H,4,7-8,11H2,1-3H3,(H,24,26);1H. The van der Waals surface area contributed by atoms with Gasteiger partial charge >= 0.3 is 0 Å². The van der Waals surface area contributed by atoms with Crippen LogP contribution < -0.4 is 10.6 Å². The minimum Gasteiger partial charge on any atom is -0.349 e. The highest BCUT2D eigenvalue weighted by Crippen LogP contribution is 2.27. The van der Waals surface area contributed by atoms with Crippen LogP contribution in [0.1, 0.15) is 46.6 Å². The molecule has 148 valence electrons. The van der Waals surface area contributed by atoms with Crippen molar-refractivity contribution < 1.29 is 13.6 Å². The summed E-state index contributed by atoms with van der Waals surface area (Å²) in [4.78, 5) is 12.8. The minimum absolute atomic E-state index is 0. The highest BCUT2D eigenvalue weighted by molar-refractivity contribution is 5.96. The summed E-state index contributed by atoms with van der Waals surface area (Å²) >= 11 is 0. The first-order valence-electron chi connectivity index (χ1n) is 9.05. The van der Waals surface area contributed by atoms with Crippen molar-refractivity contribution in [1.29, 1.82) is 0 Å². The molecule has 1 aliphatic heterocycles. The molecule has 1 fully saturated rings. The number of carbonyl (C=O) groups excluding carboxylic acids is 1. The number of piperidine rings is 1. The van der Waals surface area contributed by atoms with Crippen molar-refractivity contribution in [2.45, 2.75) is 45.7 Å². The normalized spacial score (nSPS) is 19.4. The van der Waals surface area contributed by atoms with E-state index >= 15 is 0 Å². The van der Waals surface area contributed by atoms with Gasteiger partial charge in [-0.1, -0.05) is 6.07 Å². The second-order valence-electron chi connectivity index (χ2n) is 6.88. The summed E-state index contributed by atoms with van der Waals surface area (Å²) in [6.45, 7) is 8.17. The van der Waals surface area contributed by atoms with Gasteiger partial charge in [0.25, 0.3) is 5.91 Å². The number of rotatable bonds is 4. The maximum absolute atomic E-state index is 13.6. The minimum atomic E-state index is -0.852. The van der Waals surface area contributed by atoms with Crippen LogP contribution in [0.15, 0.2) is 24.3 Å². The number of carbonyl (C=O) groups is 1. The number of nitrogens with one attached hydrogen (secondary N) is 2. The van der Waals surface area contributed by atoms with Gasteiger partial charge in [-0.3, -0.25) is 4.79 Å². The summed E-state index contributed by atoms with van der Waals surface area (Å²) in [7, 11) is 0. The molecule has 1 aliphatic rings. The predicted octanol–water partition coefficient (Wildman–Crippen LogP) is 3.70. The lowest BCUT2D eigenvalue weighted by Crippen LogP contribution is -2.50. The molecule has 0 bridgehead atoms. The SMILES string of the molecule is CCn1c(C)cc(C(=O)NC2CNCCC2c2ccc(F)c(F)c2)c1C.Cl. The monoisotopic (exact) mass is 397 g/mol. The van der Waals surface area contributed by atoms with Crippen molar-refractivity contribution in [3.05, 3.63) is 58.4 Å². The molecule has 7 heteroatoms. The lowest BCUT2D eigenvalue weighted by molar-refractivity contribution is 0.0923. The Hall–Kier alpha value is -1.92. The van der Waals surface area contributed by atoms with Gasteiger partial charge < -0.3 is 15.2 Å². The van der Waals surface area contributed by atoms with Gasteiger partial charge in [0.1, 0.15) is 0 Å². The van der Waals surface area contributed by atoms with Gasteiger partial charge in [0.2, 0.25) is 0 Å². The Bertz CT molecular complexity index is 822. The number of amides is 1. The number of aryl methyl sites for hydroxylation is 1. The van der Waals surface area contributed by atoms with Gasteiger partial charge in [0.15, 0.2) is 11.6 Å². The molecule has 0 aliphatic carbocycles. The van der Waals surface area contributed by atoms with Crippen molar-refractivity contribution in [2.75, 3.05) is 13.1 Å². The number of hydrogen-bond acceptors (Lipinski definition) is 2. The van der Waals surface area contributed by atoms with E-state index in [0.717, 1.165) is 42.5 Å². The Morgan fingerprint density at radius 3 is 2.63 bits per heavy atom. The molecule has 1 aromatic carbocycles. The van der Waals surface area contributed by atoms with Gasteiger partial charge in [0.05, 0.1) is 5.56 Å². The third-order valence-electron chi connectivity index (χ3n) is 5.30. The van der Waals surface area contributed by atoms with Crippen molar-refractivity contribution >= 4 is 18.3 Å². The molecule has 1 amide bonds. The summed E-state index contributed by atoms with van der Waals surface area (Å²) in [6.07, 6.45) is 0.754. The maximum atomic E-state index is 13.6. The van der Waals surface area contributed by atoms with Crippen LogP contribution in [0.2, 0.25) is 0 Å². The quantitative estimate of drug-likeness (QED) is 0.826. The van der Waals surface area contributed by atoms with Crippen LogP contribution >= 0.6 is 12.4 Å². The lowest BCUT2D eigenvalue weighted by Gasteiger charge is -2.33. The number of nitrogens with zero attached hydrogens (tertiary/aromatic N) is 1. The number of aromatic nitrogens is 1. The van der Waals surface area contributed by atoms with E-state index in [-0.39, 0.29) is 30.3 Å². The second-order valence-corrected chi connectivity index (χ2v) is 6.88. The Kier molecular flexibility index (Phi) is 7.00. The largest absolute Gasteiger partial charge is 0.349 e. The smallest absolute Gasteiger partial charge is 0.253 e. The third-order valence-corrected chi connectivity index (χ3v) is 5.30. The third kappa shape index (κ3) is 4.33. The van der Waals surface area contributed by atoms with Crippen molar-refractivity contribution in [3.63, 3.8) is 0 Å². The fourth-order valence-corrected chi connectivity index (χ4v) is 3.92. The van der Waals surface area contributed by atoms with Crippen LogP contribution in [0.3, 0.4) is 0 Å². The molecule has 2 heterocycles. The average molecular weight is 398 g/mol. The molecular weight excluding hydrogens is 372 g/mol. The highest BCUT2D eigenvalue weighted by Gasteiger charge is 2.29. The Balaban J connectivity index is 0.00000261. The molecule has 4 nitrogen and oxygen atoms in total. The number of halogens is 3. The molecular formula is C20H26ClF2N3O. The van der Waals surface area contributed by atoms with Crippen LogP contribution in [-0.2, 0) is 6.54 Å². The van der Waals surface area contributed by atoms with E-state index in [9.17, 15) is 13.6 Å².